The van der Waals surface area contributed by atoms with Gasteiger partial charge in [0.05, 0.1) is 18.5 Å². The van der Waals surface area contributed by atoms with Crippen molar-refractivity contribution in [3.8, 4) is 5.75 Å². The molecule has 1 saturated heterocycles. The fourth-order valence-corrected chi connectivity index (χ4v) is 3.93. The first kappa shape index (κ1) is 19.1. The predicted molar refractivity (Wildman–Crippen MR) is 91.3 cm³/mol. The molecule has 1 fully saturated rings. The van der Waals surface area contributed by atoms with Gasteiger partial charge in [0.15, 0.2) is 0 Å². The van der Waals surface area contributed by atoms with E-state index in [0.29, 0.717) is 25.4 Å². The summed E-state index contributed by atoms with van der Waals surface area (Å²) in [6.45, 7) is 1.91. The highest BCUT2D eigenvalue weighted by Gasteiger charge is 2.35. The van der Waals surface area contributed by atoms with Crippen molar-refractivity contribution in [2.24, 2.45) is 5.92 Å². The maximum Gasteiger partial charge on any atom is 0.214 e. The number of aliphatic hydroxyl groups excluding tert-OH is 2. The lowest BCUT2D eigenvalue weighted by Crippen LogP contribution is -2.33. The first-order valence-corrected chi connectivity index (χ1v) is 9.56. The van der Waals surface area contributed by atoms with Crippen LogP contribution in [0.15, 0.2) is 24.3 Å². The minimum absolute atomic E-state index is 0.0232. The molecule has 1 aliphatic heterocycles. The maximum absolute atomic E-state index is 12.0. The van der Waals surface area contributed by atoms with Gasteiger partial charge in [-0.15, -0.1) is 0 Å². The lowest BCUT2D eigenvalue weighted by atomic mass is 10.1. The predicted octanol–water partition coefficient (Wildman–Crippen LogP) is -0.258. The second kappa shape index (κ2) is 8.26. The highest BCUT2D eigenvalue weighted by molar-refractivity contribution is 7.89. The minimum atomic E-state index is -3.32. The number of nitrogens with zero attached hydrogens (tertiary/aromatic N) is 2. The summed E-state index contributed by atoms with van der Waals surface area (Å²) in [5.74, 6) is 0.389. The van der Waals surface area contributed by atoms with Gasteiger partial charge in [0.2, 0.25) is 10.0 Å². The van der Waals surface area contributed by atoms with Crippen LogP contribution in [-0.4, -0.2) is 80.1 Å². The number of benzene rings is 1. The molecule has 8 heteroatoms. The second-order valence-corrected chi connectivity index (χ2v) is 8.53. The number of aliphatic hydroxyl groups is 2. The zero-order valence-electron chi connectivity index (χ0n) is 14.1. The normalized spacial score (nSPS) is 22.2. The van der Waals surface area contributed by atoms with Gasteiger partial charge in [0.1, 0.15) is 12.4 Å². The Hall–Kier alpha value is -1.19. The largest absolute Gasteiger partial charge is 0.491 e. The smallest absolute Gasteiger partial charge is 0.214 e. The fourth-order valence-electron chi connectivity index (χ4n) is 2.77. The molecule has 1 heterocycles. The van der Waals surface area contributed by atoms with Crippen LogP contribution in [0, 0.1) is 5.92 Å². The van der Waals surface area contributed by atoms with Crippen molar-refractivity contribution in [3.63, 3.8) is 0 Å². The Balaban J connectivity index is 1.90. The Bertz CT molecular complexity index is 618. The van der Waals surface area contributed by atoms with Crippen molar-refractivity contribution in [1.82, 2.24) is 9.21 Å². The van der Waals surface area contributed by atoms with Crippen LogP contribution >= 0.6 is 0 Å². The maximum atomic E-state index is 12.0. The third kappa shape index (κ3) is 5.15. The molecule has 2 atom stereocenters. The van der Waals surface area contributed by atoms with Crippen molar-refractivity contribution in [3.05, 3.63) is 29.8 Å². The van der Waals surface area contributed by atoms with Gasteiger partial charge in [-0.1, -0.05) is 12.1 Å². The molecule has 7 nitrogen and oxygen atoms in total. The molecule has 1 aromatic rings. The number of rotatable bonds is 8. The van der Waals surface area contributed by atoms with Gasteiger partial charge in [0, 0.05) is 39.6 Å². The molecule has 0 spiro atoms. The molecule has 0 saturated carbocycles. The van der Waals surface area contributed by atoms with E-state index in [0.717, 1.165) is 5.56 Å². The van der Waals surface area contributed by atoms with Crippen LogP contribution in [0.2, 0.25) is 0 Å². The Morgan fingerprint density at radius 3 is 2.50 bits per heavy atom. The summed E-state index contributed by atoms with van der Waals surface area (Å²) in [5.41, 5.74) is 1.06. The Morgan fingerprint density at radius 1 is 1.25 bits per heavy atom. The molecule has 1 aliphatic rings. The van der Waals surface area contributed by atoms with E-state index in [-0.39, 0.29) is 24.9 Å². The van der Waals surface area contributed by atoms with Crippen molar-refractivity contribution in [2.45, 2.75) is 12.6 Å². The van der Waals surface area contributed by atoms with E-state index < -0.39 is 16.1 Å². The number of likely N-dealkylation sites (tertiary alicyclic amines) is 1. The molecular formula is C16H26N2O5S. The fraction of sp³-hybridized carbons (Fsp3) is 0.625. The summed E-state index contributed by atoms with van der Waals surface area (Å²) < 4.78 is 30.5. The van der Waals surface area contributed by atoms with Gasteiger partial charge in [-0.2, -0.15) is 0 Å². The number of hydrogen-bond acceptors (Lipinski definition) is 6. The zero-order valence-corrected chi connectivity index (χ0v) is 14.9. The van der Waals surface area contributed by atoms with Crippen LogP contribution in [0.25, 0.3) is 0 Å². The molecule has 0 unspecified atom stereocenters. The molecule has 2 rings (SSSR count). The third-order valence-electron chi connectivity index (χ3n) is 4.15. The highest BCUT2D eigenvalue weighted by Crippen LogP contribution is 2.22. The van der Waals surface area contributed by atoms with Gasteiger partial charge in [0.25, 0.3) is 0 Å². The average Bonchev–Trinajstić information content (AvgIpc) is 2.85. The SMILES string of the molecule is CN(C)S(=O)(=O)C[C@@H]1CN(Cc2ccc(OCCO)cc2)C[C@@H]1O. The van der Waals surface area contributed by atoms with Crippen molar-refractivity contribution < 1.29 is 23.4 Å². The second-order valence-electron chi connectivity index (χ2n) is 6.30. The molecular weight excluding hydrogens is 332 g/mol. The molecule has 24 heavy (non-hydrogen) atoms. The van der Waals surface area contributed by atoms with Crippen LogP contribution in [0.4, 0.5) is 0 Å². The van der Waals surface area contributed by atoms with E-state index in [2.05, 4.69) is 4.90 Å². The molecule has 0 radical (unpaired) electrons. The summed E-state index contributed by atoms with van der Waals surface area (Å²) >= 11 is 0. The topological polar surface area (TPSA) is 90.3 Å². The van der Waals surface area contributed by atoms with Crippen LogP contribution < -0.4 is 4.74 Å². The van der Waals surface area contributed by atoms with E-state index >= 15 is 0 Å². The molecule has 0 aromatic heterocycles. The zero-order chi connectivity index (χ0) is 17.7. The van der Waals surface area contributed by atoms with Crippen molar-refractivity contribution in [2.75, 3.05) is 46.2 Å². The van der Waals surface area contributed by atoms with E-state index in [1.807, 2.05) is 24.3 Å². The highest BCUT2D eigenvalue weighted by atomic mass is 32.2. The number of hydrogen-bond donors (Lipinski definition) is 2. The molecule has 0 aliphatic carbocycles. The monoisotopic (exact) mass is 358 g/mol. The van der Waals surface area contributed by atoms with Crippen molar-refractivity contribution >= 4 is 10.0 Å². The summed E-state index contributed by atoms with van der Waals surface area (Å²) in [5, 5.41) is 18.9. The minimum Gasteiger partial charge on any atom is -0.491 e. The van der Waals surface area contributed by atoms with Gasteiger partial charge >= 0.3 is 0 Å². The number of sulfonamides is 1. The number of ether oxygens (including phenoxy) is 1. The summed E-state index contributed by atoms with van der Waals surface area (Å²) in [6.07, 6.45) is -0.633. The quantitative estimate of drug-likeness (QED) is 0.666. The number of β-amino-alcohol motifs (C(OH)–C–C–N with tert-alkyl or cyclic N) is 1. The molecule has 136 valence electrons. The van der Waals surface area contributed by atoms with Crippen molar-refractivity contribution in [1.29, 1.82) is 0 Å². The Labute approximate surface area is 143 Å². The lowest BCUT2D eigenvalue weighted by molar-refractivity contribution is 0.148. The lowest BCUT2D eigenvalue weighted by Gasteiger charge is -2.18. The van der Waals surface area contributed by atoms with E-state index in [1.165, 1.54) is 18.4 Å². The molecule has 1 aromatic carbocycles. The molecule has 0 bridgehead atoms. The van der Waals surface area contributed by atoms with Gasteiger partial charge in [-0.3, -0.25) is 4.90 Å². The van der Waals surface area contributed by atoms with Gasteiger partial charge < -0.3 is 14.9 Å². The average molecular weight is 358 g/mol. The van der Waals surface area contributed by atoms with Crippen LogP contribution in [0.3, 0.4) is 0 Å². The van der Waals surface area contributed by atoms with Crippen LogP contribution in [0.1, 0.15) is 5.56 Å². The van der Waals surface area contributed by atoms with E-state index in [9.17, 15) is 13.5 Å². The Morgan fingerprint density at radius 2 is 1.92 bits per heavy atom. The van der Waals surface area contributed by atoms with Gasteiger partial charge in [-0.25, -0.2) is 12.7 Å². The first-order valence-electron chi connectivity index (χ1n) is 7.95. The standard InChI is InChI=1S/C16H26N2O5S/c1-17(2)24(21,22)12-14-10-18(11-16(14)20)9-13-3-5-15(6-4-13)23-8-7-19/h3-6,14,16,19-20H,7-12H2,1-2H3/t14-,16-/m0/s1. The van der Waals surface area contributed by atoms with Gasteiger partial charge in [-0.05, 0) is 17.7 Å². The summed E-state index contributed by atoms with van der Waals surface area (Å²) in [7, 11) is -0.298. The van der Waals surface area contributed by atoms with E-state index in [4.69, 9.17) is 9.84 Å². The van der Waals surface area contributed by atoms with Crippen LogP contribution in [-0.2, 0) is 16.6 Å². The van der Waals surface area contributed by atoms with E-state index in [1.54, 1.807) is 0 Å². The summed E-state index contributed by atoms with van der Waals surface area (Å²) in [6, 6.07) is 7.54. The third-order valence-corrected chi connectivity index (χ3v) is 6.11. The first-order chi connectivity index (χ1) is 11.3. The molecule has 2 N–H and O–H groups in total. The Kier molecular flexibility index (Phi) is 6.59. The van der Waals surface area contributed by atoms with Crippen LogP contribution in [0.5, 0.6) is 5.75 Å². The summed E-state index contributed by atoms with van der Waals surface area (Å²) in [4.78, 5) is 2.06. The molecule has 0 amide bonds.